The number of nitrogens with one attached hydrogen (secondary N) is 2. The first-order valence-corrected chi connectivity index (χ1v) is 8.80. The number of rotatable bonds is 7. The fourth-order valence-electron chi connectivity index (χ4n) is 2.27. The molecular weight excluding hydrogens is 392 g/mol. The highest BCUT2D eigenvalue weighted by atomic mass is 79.9. The minimum absolute atomic E-state index is 0.0532. The monoisotopic (exact) mass is 410 g/mol. The summed E-state index contributed by atoms with van der Waals surface area (Å²) in [6, 6.07) is 7.25. The van der Waals surface area contributed by atoms with Crippen molar-refractivity contribution >= 4 is 39.8 Å². The third-order valence-corrected chi connectivity index (χ3v) is 4.30. The zero-order valence-corrected chi connectivity index (χ0v) is 15.9. The van der Waals surface area contributed by atoms with Crippen molar-refractivity contribution in [1.82, 2.24) is 20.1 Å². The maximum Gasteiger partial charge on any atom is 0.220 e. The highest BCUT2D eigenvalue weighted by Gasteiger charge is 2.12. The van der Waals surface area contributed by atoms with E-state index in [1.165, 1.54) is 0 Å². The molecule has 128 valence electrons. The Bertz CT molecular complexity index is 780. The number of aromatic amines is 1. The summed E-state index contributed by atoms with van der Waals surface area (Å²) in [7, 11) is 0. The number of hydrogen-bond donors (Lipinski definition) is 2. The van der Waals surface area contributed by atoms with Crippen LogP contribution in [0.2, 0.25) is 0 Å². The van der Waals surface area contributed by atoms with Crippen molar-refractivity contribution in [3.8, 4) is 0 Å². The van der Waals surface area contributed by atoms with Crippen molar-refractivity contribution in [2.24, 2.45) is 0 Å². The van der Waals surface area contributed by atoms with Crippen molar-refractivity contribution < 1.29 is 9.59 Å². The number of halogens is 1. The van der Waals surface area contributed by atoms with E-state index in [-0.39, 0.29) is 37.1 Å². The molecule has 0 spiro atoms. The number of amides is 1. The predicted molar refractivity (Wildman–Crippen MR) is 97.3 cm³/mol. The van der Waals surface area contributed by atoms with Crippen LogP contribution >= 0.6 is 28.1 Å². The first kappa shape index (κ1) is 18.5. The number of carbonyl (C=O) groups excluding carboxylic acids is 2. The number of Topliss-reactive ketones (excluding diaryl/α,β-unsaturated/α-hetero) is 1. The van der Waals surface area contributed by atoms with Gasteiger partial charge >= 0.3 is 0 Å². The van der Waals surface area contributed by atoms with Crippen LogP contribution in [-0.4, -0.2) is 26.5 Å². The lowest BCUT2D eigenvalue weighted by Crippen LogP contribution is -2.25. The second kappa shape index (κ2) is 8.34. The summed E-state index contributed by atoms with van der Waals surface area (Å²) in [4.78, 5) is 24.0. The average Bonchev–Trinajstić information content (AvgIpc) is 2.92. The lowest BCUT2D eigenvalue weighted by atomic mass is 10.1. The fraction of sp³-hybridized carbons (Fsp3) is 0.375. The molecule has 2 N–H and O–H groups in total. The minimum Gasteiger partial charge on any atom is -0.349 e. The maximum absolute atomic E-state index is 12.1. The van der Waals surface area contributed by atoms with Crippen LogP contribution in [0.3, 0.4) is 0 Å². The van der Waals surface area contributed by atoms with Gasteiger partial charge in [0.15, 0.2) is 16.4 Å². The molecule has 8 heteroatoms. The Balaban J connectivity index is 1.85. The molecule has 1 aromatic carbocycles. The highest BCUT2D eigenvalue weighted by molar-refractivity contribution is 9.10. The van der Waals surface area contributed by atoms with Gasteiger partial charge in [0.1, 0.15) is 0 Å². The summed E-state index contributed by atoms with van der Waals surface area (Å²) in [5.41, 5.74) is 0.603. The van der Waals surface area contributed by atoms with Crippen molar-refractivity contribution in [2.75, 3.05) is 0 Å². The van der Waals surface area contributed by atoms with Crippen LogP contribution in [-0.2, 0) is 11.3 Å². The van der Waals surface area contributed by atoms with E-state index >= 15 is 0 Å². The Labute approximate surface area is 153 Å². The van der Waals surface area contributed by atoms with Gasteiger partial charge in [0.25, 0.3) is 0 Å². The van der Waals surface area contributed by atoms with E-state index in [4.69, 9.17) is 12.2 Å². The molecule has 0 aliphatic rings. The van der Waals surface area contributed by atoms with E-state index in [9.17, 15) is 9.59 Å². The number of H-pyrrole nitrogens is 1. The summed E-state index contributed by atoms with van der Waals surface area (Å²) >= 11 is 8.49. The third-order valence-electron chi connectivity index (χ3n) is 3.48. The number of hydrogen-bond acceptors (Lipinski definition) is 4. The molecule has 6 nitrogen and oxygen atoms in total. The van der Waals surface area contributed by atoms with E-state index in [1.54, 1.807) is 12.1 Å². The van der Waals surface area contributed by atoms with E-state index in [2.05, 4.69) is 31.4 Å². The molecule has 0 fully saturated rings. The van der Waals surface area contributed by atoms with Gasteiger partial charge in [-0.15, -0.1) is 0 Å². The molecule has 24 heavy (non-hydrogen) atoms. The van der Waals surface area contributed by atoms with Crippen LogP contribution in [0, 0.1) is 4.77 Å². The molecule has 0 radical (unpaired) electrons. The van der Waals surface area contributed by atoms with Crippen LogP contribution in [0.1, 0.15) is 48.9 Å². The van der Waals surface area contributed by atoms with Gasteiger partial charge in [0.05, 0.1) is 6.54 Å². The first-order chi connectivity index (χ1) is 11.4. The fourth-order valence-corrected chi connectivity index (χ4v) is 2.89. The molecule has 1 aromatic heterocycles. The molecular formula is C16H19BrN4O2S. The lowest BCUT2D eigenvalue weighted by Gasteiger charge is -2.11. The molecule has 0 saturated carbocycles. The predicted octanol–water partition coefficient (Wildman–Crippen LogP) is 3.56. The quantitative estimate of drug-likeness (QED) is 0.539. The normalized spacial score (nSPS) is 10.8. The number of ketones is 1. The van der Waals surface area contributed by atoms with Crippen LogP contribution in [0.15, 0.2) is 28.7 Å². The summed E-state index contributed by atoms with van der Waals surface area (Å²) in [6.45, 7) is 4.26. The lowest BCUT2D eigenvalue weighted by molar-refractivity contribution is -0.121. The molecule has 1 amide bonds. The van der Waals surface area contributed by atoms with Crippen molar-refractivity contribution in [3.63, 3.8) is 0 Å². The topological polar surface area (TPSA) is 79.8 Å². The van der Waals surface area contributed by atoms with Gasteiger partial charge in [0, 0.05) is 28.9 Å². The molecule has 0 aliphatic carbocycles. The molecule has 2 rings (SSSR count). The Hall–Kier alpha value is -1.80. The van der Waals surface area contributed by atoms with Gasteiger partial charge in [-0.1, -0.05) is 28.1 Å². The van der Waals surface area contributed by atoms with E-state index in [0.29, 0.717) is 16.2 Å². The smallest absolute Gasteiger partial charge is 0.220 e. The summed E-state index contributed by atoms with van der Waals surface area (Å²) < 4.78 is 3.29. The molecule has 1 heterocycles. The van der Waals surface area contributed by atoms with Gasteiger partial charge < -0.3 is 9.88 Å². The standard InChI is InChI=1S/C16H19BrN4O2S/c1-10(2)21-14(19-20-16(21)24)9-18-15(23)8-7-13(22)11-3-5-12(17)6-4-11/h3-6,10H,7-9H2,1-2H3,(H,18,23)(H,20,24). The van der Waals surface area contributed by atoms with Crippen molar-refractivity contribution in [2.45, 2.75) is 39.3 Å². The number of nitrogens with zero attached hydrogens (tertiary/aromatic N) is 2. The summed E-state index contributed by atoms with van der Waals surface area (Å²) in [6.07, 6.45) is 0.312. The van der Waals surface area contributed by atoms with Crippen LogP contribution in [0.4, 0.5) is 0 Å². The SMILES string of the molecule is CC(C)n1c(CNC(=O)CCC(=O)c2ccc(Br)cc2)n[nH]c1=S. The third kappa shape index (κ3) is 4.85. The van der Waals surface area contributed by atoms with E-state index in [1.807, 2.05) is 30.5 Å². The zero-order valence-electron chi connectivity index (χ0n) is 13.5. The van der Waals surface area contributed by atoms with E-state index < -0.39 is 0 Å². The van der Waals surface area contributed by atoms with Gasteiger partial charge in [-0.05, 0) is 38.2 Å². The summed E-state index contributed by atoms with van der Waals surface area (Å²) in [5.74, 6) is 0.426. The van der Waals surface area contributed by atoms with Gasteiger partial charge in [-0.3, -0.25) is 14.7 Å². The van der Waals surface area contributed by atoms with Gasteiger partial charge in [-0.2, -0.15) is 5.10 Å². The molecule has 0 bridgehead atoms. The Morgan fingerprint density at radius 1 is 1.29 bits per heavy atom. The second-order valence-electron chi connectivity index (χ2n) is 5.62. The average molecular weight is 411 g/mol. The highest BCUT2D eigenvalue weighted by Crippen LogP contribution is 2.13. The molecule has 2 aromatic rings. The van der Waals surface area contributed by atoms with E-state index in [0.717, 1.165) is 4.47 Å². The second-order valence-corrected chi connectivity index (χ2v) is 6.92. The van der Waals surface area contributed by atoms with Gasteiger partial charge in [0.2, 0.25) is 5.91 Å². The Morgan fingerprint density at radius 2 is 1.96 bits per heavy atom. The molecule has 0 aliphatic heterocycles. The molecule has 0 saturated heterocycles. The largest absolute Gasteiger partial charge is 0.349 e. The molecule has 0 atom stereocenters. The van der Waals surface area contributed by atoms with Crippen LogP contribution in [0.25, 0.3) is 0 Å². The Morgan fingerprint density at radius 3 is 2.58 bits per heavy atom. The number of aromatic nitrogens is 3. The van der Waals surface area contributed by atoms with Crippen molar-refractivity contribution in [1.29, 1.82) is 0 Å². The first-order valence-electron chi connectivity index (χ1n) is 7.59. The molecule has 0 unspecified atom stereocenters. The van der Waals surface area contributed by atoms with Gasteiger partial charge in [-0.25, -0.2) is 0 Å². The minimum atomic E-state index is -0.190. The number of benzene rings is 1. The van der Waals surface area contributed by atoms with Crippen LogP contribution in [0.5, 0.6) is 0 Å². The summed E-state index contributed by atoms with van der Waals surface area (Å²) in [5, 5.41) is 9.62. The zero-order chi connectivity index (χ0) is 17.7. The number of carbonyl (C=O) groups is 2. The van der Waals surface area contributed by atoms with Crippen molar-refractivity contribution in [3.05, 3.63) is 44.9 Å². The van der Waals surface area contributed by atoms with Crippen LogP contribution < -0.4 is 5.32 Å². The Kier molecular flexibility index (Phi) is 6.44. The maximum atomic E-state index is 12.1.